The lowest BCUT2D eigenvalue weighted by Gasteiger charge is -2.39. The summed E-state index contributed by atoms with van der Waals surface area (Å²) in [7, 11) is 0. The third-order valence-corrected chi connectivity index (χ3v) is 5.57. The molecule has 0 N–H and O–H groups in total. The van der Waals surface area contributed by atoms with Gasteiger partial charge in [0.2, 0.25) is 0 Å². The van der Waals surface area contributed by atoms with Crippen molar-refractivity contribution >= 4 is 5.97 Å². The van der Waals surface area contributed by atoms with E-state index in [0.29, 0.717) is 19.0 Å². The SMILES string of the molecule is CCOC(=O)c1cn2c(cc1=O)-c1cc3c(cc1CC2C(C)(C)C)OCCCO3. The van der Waals surface area contributed by atoms with Crippen LogP contribution in [0.5, 0.6) is 11.5 Å². The van der Waals surface area contributed by atoms with Gasteiger partial charge in [-0.2, -0.15) is 0 Å². The van der Waals surface area contributed by atoms with Gasteiger partial charge in [-0.15, -0.1) is 0 Å². The quantitative estimate of drug-likeness (QED) is 0.717. The number of benzene rings is 1. The number of carbonyl (C=O) groups is 1. The summed E-state index contributed by atoms with van der Waals surface area (Å²) in [6, 6.07) is 5.63. The third kappa shape index (κ3) is 3.52. The molecular weight excluding hydrogens is 370 g/mol. The molecule has 0 bridgehead atoms. The second kappa shape index (κ2) is 7.25. The monoisotopic (exact) mass is 397 g/mol. The molecule has 1 atom stereocenters. The summed E-state index contributed by atoms with van der Waals surface area (Å²) in [6.45, 7) is 9.69. The zero-order valence-corrected chi connectivity index (χ0v) is 17.4. The fraction of sp³-hybridized carbons (Fsp3) is 0.478. The van der Waals surface area contributed by atoms with Crippen molar-refractivity contribution in [2.75, 3.05) is 19.8 Å². The van der Waals surface area contributed by atoms with Gasteiger partial charge in [0.05, 0.1) is 25.5 Å². The minimum atomic E-state index is -0.579. The van der Waals surface area contributed by atoms with E-state index in [4.69, 9.17) is 14.2 Å². The van der Waals surface area contributed by atoms with Gasteiger partial charge >= 0.3 is 5.97 Å². The van der Waals surface area contributed by atoms with E-state index >= 15 is 0 Å². The number of nitrogens with zero attached hydrogens (tertiary/aromatic N) is 1. The number of pyridine rings is 1. The van der Waals surface area contributed by atoms with E-state index in [1.54, 1.807) is 19.2 Å². The maximum absolute atomic E-state index is 12.7. The van der Waals surface area contributed by atoms with Crippen LogP contribution in [0, 0.1) is 5.41 Å². The normalized spacial score (nSPS) is 17.7. The Hall–Kier alpha value is -2.76. The summed E-state index contributed by atoms with van der Waals surface area (Å²) >= 11 is 0. The van der Waals surface area contributed by atoms with E-state index in [1.165, 1.54) is 0 Å². The average Bonchev–Trinajstić information content (AvgIpc) is 2.89. The topological polar surface area (TPSA) is 66.8 Å². The minimum absolute atomic E-state index is 0.0719. The van der Waals surface area contributed by atoms with Crippen molar-refractivity contribution in [2.45, 2.75) is 46.6 Å². The average molecular weight is 397 g/mol. The van der Waals surface area contributed by atoms with Gasteiger partial charge in [0.1, 0.15) is 5.56 Å². The number of hydrogen-bond acceptors (Lipinski definition) is 5. The molecule has 2 aliphatic heterocycles. The molecule has 1 aromatic carbocycles. The first-order valence-electron chi connectivity index (χ1n) is 10.2. The van der Waals surface area contributed by atoms with Gasteiger partial charge in [0.15, 0.2) is 16.9 Å². The lowest BCUT2D eigenvalue weighted by Crippen LogP contribution is -2.33. The predicted octanol–water partition coefficient (Wildman–Crippen LogP) is 4.00. The Labute approximate surface area is 170 Å². The smallest absolute Gasteiger partial charge is 0.343 e. The number of hydrogen-bond donors (Lipinski definition) is 0. The molecule has 0 saturated carbocycles. The Morgan fingerprint density at radius 1 is 1.17 bits per heavy atom. The van der Waals surface area contributed by atoms with Crippen molar-refractivity contribution < 1.29 is 19.0 Å². The zero-order chi connectivity index (χ0) is 20.8. The molecule has 1 aromatic heterocycles. The summed E-state index contributed by atoms with van der Waals surface area (Å²) in [5, 5.41) is 0. The Morgan fingerprint density at radius 2 is 1.86 bits per heavy atom. The van der Waals surface area contributed by atoms with Crippen molar-refractivity contribution in [3.63, 3.8) is 0 Å². The fourth-order valence-corrected chi connectivity index (χ4v) is 4.07. The Balaban J connectivity index is 1.92. The lowest BCUT2D eigenvalue weighted by atomic mass is 9.78. The molecule has 2 aromatic rings. The zero-order valence-electron chi connectivity index (χ0n) is 17.4. The van der Waals surface area contributed by atoms with Crippen molar-refractivity contribution in [1.82, 2.24) is 4.57 Å². The van der Waals surface area contributed by atoms with Crippen LogP contribution >= 0.6 is 0 Å². The van der Waals surface area contributed by atoms with Gasteiger partial charge in [-0.1, -0.05) is 20.8 Å². The molecule has 0 spiro atoms. The first kappa shape index (κ1) is 19.6. The highest BCUT2D eigenvalue weighted by atomic mass is 16.5. The highest BCUT2D eigenvalue weighted by Crippen LogP contribution is 2.46. The number of rotatable bonds is 2. The van der Waals surface area contributed by atoms with E-state index in [0.717, 1.165) is 35.4 Å². The molecule has 1 unspecified atom stereocenters. The van der Waals surface area contributed by atoms with E-state index < -0.39 is 5.97 Å². The highest BCUT2D eigenvalue weighted by molar-refractivity contribution is 5.89. The standard InChI is InChI=1S/C23H27NO5/c1-5-27-22(26)16-13-24-17(12-18(16)25)15-11-20-19(28-7-6-8-29-20)9-14(15)10-21(24)23(2,3)4/h9,11-13,21H,5-8,10H2,1-4H3. The van der Waals surface area contributed by atoms with Crippen molar-refractivity contribution in [2.24, 2.45) is 5.41 Å². The van der Waals surface area contributed by atoms with Crippen molar-refractivity contribution in [3.8, 4) is 22.8 Å². The molecule has 0 fully saturated rings. The summed E-state index contributed by atoms with van der Waals surface area (Å²) in [4.78, 5) is 25.1. The first-order chi connectivity index (χ1) is 13.8. The van der Waals surface area contributed by atoms with Crippen LogP contribution in [0.3, 0.4) is 0 Å². The molecule has 6 heteroatoms. The van der Waals surface area contributed by atoms with Gasteiger partial charge in [-0.3, -0.25) is 4.79 Å². The molecule has 0 radical (unpaired) electrons. The summed E-state index contributed by atoms with van der Waals surface area (Å²) in [5.41, 5.74) is 2.52. The third-order valence-electron chi connectivity index (χ3n) is 5.57. The van der Waals surface area contributed by atoms with Gasteiger partial charge in [0.25, 0.3) is 0 Å². The van der Waals surface area contributed by atoms with Crippen LogP contribution in [0.4, 0.5) is 0 Å². The van der Waals surface area contributed by atoms with Crippen LogP contribution in [-0.2, 0) is 11.2 Å². The number of fused-ring (bicyclic) bond motifs is 4. The first-order valence-corrected chi connectivity index (χ1v) is 10.2. The summed E-state index contributed by atoms with van der Waals surface area (Å²) < 4.78 is 18.9. The summed E-state index contributed by atoms with van der Waals surface area (Å²) in [5.74, 6) is 0.877. The summed E-state index contributed by atoms with van der Waals surface area (Å²) in [6.07, 6.45) is 3.27. The Morgan fingerprint density at radius 3 is 2.52 bits per heavy atom. The number of esters is 1. The van der Waals surface area contributed by atoms with Crippen LogP contribution < -0.4 is 14.9 Å². The molecule has 154 valence electrons. The van der Waals surface area contributed by atoms with Crippen LogP contribution in [0.2, 0.25) is 0 Å². The second-order valence-corrected chi connectivity index (χ2v) is 8.66. The Bertz CT molecular complexity index is 1020. The Kier molecular flexibility index (Phi) is 4.89. The second-order valence-electron chi connectivity index (χ2n) is 8.66. The van der Waals surface area contributed by atoms with Gasteiger partial charge in [-0.05, 0) is 36.5 Å². The van der Waals surface area contributed by atoms with Crippen molar-refractivity contribution in [1.29, 1.82) is 0 Å². The fourth-order valence-electron chi connectivity index (χ4n) is 4.07. The van der Waals surface area contributed by atoms with Gasteiger partial charge in [0, 0.05) is 30.3 Å². The molecule has 4 rings (SSSR count). The van der Waals surface area contributed by atoms with E-state index in [1.807, 2.05) is 12.1 Å². The van der Waals surface area contributed by atoms with E-state index in [9.17, 15) is 9.59 Å². The largest absolute Gasteiger partial charge is 0.490 e. The predicted molar refractivity (Wildman–Crippen MR) is 110 cm³/mol. The van der Waals surface area contributed by atoms with Gasteiger partial charge in [-0.25, -0.2) is 4.79 Å². The highest BCUT2D eigenvalue weighted by Gasteiger charge is 2.34. The van der Waals surface area contributed by atoms with E-state index in [2.05, 4.69) is 25.3 Å². The molecule has 0 amide bonds. The molecule has 0 aliphatic carbocycles. The molecule has 2 aliphatic rings. The van der Waals surface area contributed by atoms with Crippen molar-refractivity contribution in [3.05, 3.63) is 45.7 Å². The molecule has 29 heavy (non-hydrogen) atoms. The molecule has 3 heterocycles. The maximum atomic E-state index is 12.7. The van der Waals surface area contributed by atoms with Gasteiger partial charge < -0.3 is 18.8 Å². The molecule has 0 saturated heterocycles. The van der Waals surface area contributed by atoms with Crippen LogP contribution in [0.1, 0.15) is 56.1 Å². The molecule has 6 nitrogen and oxygen atoms in total. The number of carbonyl (C=O) groups excluding carboxylic acids is 1. The van der Waals surface area contributed by atoms with Crippen LogP contribution in [0.15, 0.2) is 29.2 Å². The van der Waals surface area contributed by atoms with Crippen LogP contribution in [-0.4, -0.2) is 30.4 Å². The lowest BCUT2D eigenvalue weighted by molar-refractivity contribution is 0.0523. The van der Waals surface area contributed by atoms with E-state index in [-0.39, 0.29) is 29.1 Å². The minimum Gasteiger partial charge on any atom is -0.490 e. The molecular formula is C23H27NO5. The number of aromatic nitrogens is 1. The number of ether oxygens (including phenoxy) is 3. The maximum Gasteiger partial charge on any atom is 0.343 e. The van der Waals surface area contributed by atoms with Crippen LogP contribution in [0.25, 0.3) is 11.3 Å².